The molecule has 0 bridgehead atoms. The molecule has 0 spiro atoms. The van der Waals surface area contributed by atoms with Gasteiger partial charge in [0.25, 0.3) is 0 Å². The van der Waals surface area contributed by atoms with Gasteiger partial charge in [-0.3, -0.25) is 15.0 Å². The van der Waals surface area contributed by atoms with Crippen LogP contribution in [-0.4, -0.2) is 15.0 Å². The third-order valence-corrected chi connectivity index (χ3v) is 4.60. The van der Waals surface area contributed by atoms with Crippen molar-refractivity contribution >= 4 is 15.9 Å². The standard InChI is InChI=1S/C21H14BrN3.Ir/c22-17-11-14-25-21(19(17)18-10-4-5-12-23-18)20-16(9-6-13-24-20)15-7-2-1-3-8-15;/h1-14H;. The van der Waals surface area contributed by atoms with Crippen LogP contribution in [0.3, 0.4) is 0 Å². The number of aromatic nitrogens is 3. The van der Waals surface area contributed by atoms with Crippen LogP contribution in [-0.2, 0) is 20.1 Å². The Labute approximate surface area is 174 Å². The third-order valence-electron chi connectivity index (χ3n) is 3.94. The zero-order valence-corrected chi connectivity index (χ0v) is 17.6. The molecule has 0 N–H and O–H groups in total. The van der Waals surface area contributed by atoms with Gasteiger partial charge in [0.05, 0.1) is 17.1 Å². The smallest absolute Gasteiger partial charge is 0.0997 e. The molecule has 5 heteroatoms. The number of hydrogen-bond acceptors (Lipinski definition) is 3. The van der Waals surface area contributed by atoms with Crippen LogP contribution in [0, 0.1) is 0 Å². The Morgan fingerprint density at radius 1 is 0.615 bits per heavy atom. The second-order valence-corrected chi connectivity index (χ2v) is 6.35. The third kappa shape index (κ3) is 3.65. The zero-order chi connectivity index (χ0) is 17.1. The molecule has 26 heavy (non-hydrogen) atoms. The van der Waals surface area contributed by atoms with E-state index < -0.39 is 0 Å². The number of halogens is 1. The molecule has 0 saturated carbocycles. The monoisotopic (exact) mass is 580 g/mol. The van der Waals surface area contributed by atoms with Crippen molar-refractivity contribution in [1.82, 2.24) is 15.0 Å². The molecule has 1 radical (unpaired) electrons. The minimum absolute atomic E-state index is 0. The molecule has 0 atom stereocenters. The van der Waals surface area contributed by atoms with E-state index in [9.17, 15) is 0 Å². The number of hydrogen-bond donors (Lipinski definition) is 0. The largest absolute Gasteiger partial charge is 0.256 e. The van der Waals surface area contributed by atoms with Crippen molar-refractivity contribution in [2.45, 2.75) is 0 Å². The maximum Gasteiger partial charge on any atom is 0.0997 e. The Kier molecular flexibility index (Phi) is 6.04. The molecule has 0 amide bonds. The second-order valence-electron chi connectivity index (χ2n) is 5.50. The van der Waals surface area contributed by atoms with Crippen LogP contribution in [0.2, 0.25) is 0 Å². The van der Waals surface area contributed by atoms with Gasteiger partial charge >= 0.3 is 0 Å². The maximum atomic E-state index is 4.64. The first-order chi connectivity index (χ1) is 12.3. The Balaban J connectivity index is 0.00000196. The first kappa shape index (κ1) is 18.6. The number of rotatable bonds is 3. The molecule has 0 saturated heterocycles. The van der Waals surface area contributed by atoms with Crippen LogP contribution < -0.4 is 0 Å². The maximum absolute atomic E-state index is 4.64. The molecular weight excluding hydrogens is 566 g/mol. The van der Waals surface area contributed by atoms with Gasteiger partial charge in [-0.15, -0.1) is 0 Å². The molecule has 3 heterocycles. The summed E-state index contributed by atoms with van der Waals surface area (Å²) >= 11 is 3.65. The van der Waals surface area contributed by atoms with E-state index in [2.05, 4.69) is 49.1 Å². The van der Waals surface area contributed by atoms with E-state index in [0.29, 0.717) is 0 Å². The molecule has 3 nitrogen and oxygen atoms in total. The van der Waals surface area contributed by atoms with Gasteiger partial charge in [0.2, 0.25) is 0 Å². The Bertz CT molecular complexity index is 1010. The van der Waals surface area contributed by atoms with Crippen molar-refractivity contribution in [3.05, 3.63) is 89.8 Å². The fourth-order valence-corrected chi connectivity index (χ4v) is 3.33. The van der Waals surface area contributed by atoms with Gasteiger partial charge in [-0.1, -0.05) is 42.5 Å². The normalized spacial score (nSPS) is 10.2. The second kappa shape index (κ2) is 8.45. The topological polar surface area (TPSA) is 38.7 Å². The van der Waals surface area contributed by atoms with E-state index in [1.807, 2.05) is 48.5 Å². The molecule has 0 fully saturated rings. The van der Waals surface area contributed by atoms with Crippen molar-refractivity contribution < 1.29 is 20.1 Å². The predicted octanol–water partition coefficient (Wildman–Crippen LogP) is 5.63. The van der Waals surface area contributed by atoms with Gasteiger partial charge in [0.15, 0.2) is 0 Å². The fourth-order valence-electron chi connectivity index (χ4n) is 2.82. The van der Waals surface area contributed by atoms with Crippen LogP contribution in [0.1, 0.15) is 0 Å². The van der Waals surface area contributed by atoms with Crippen molar-refractivity contribution in [2.24, 2.45) is 0 Å². The number of nitrogens with zero attached hydrogens (tertiary/aromatic N) is 3. The molecule has 3 aromatic heterocycles. The molecular formula is C21H14BrIrN3. The van der Waals surface area contributed by atoms with Gasteiger partial charge < -0.3 is 0 Å². The summed E-state index contributed by atoms with van der Waals surface area (Å²) in [6, 6.07) is 22.0. The number of benzene rings is 1. The molecule has 0 aliphatic rings. The van der Waals surface area contributed by atoms with Gasteiger partial charge in [0, 0.05) is 54.3 Å². The quantitative estimate of drug-likeness (QED) is 0.315. The van der Waals surface area contributed by atoms with Gasteiger partial charge in [-0.2, -0.15) is 0 Å². The SMILES string of the molecule is Brc1ccnc(-c2ncccc2-c2ccccc2)c1-c1ccccn1.[Ir]. The summed E-state index contributed by atoms with van der Waals surface area (Å²) in [5, 5.41) is 0. The molecule has 4 rings (SSSR count). The van der Waals surface area contributed by atoms with Crippen molar-refractivity contribution in [3.63, 3.8) is 0 Å². The van der Waals surface area contributed by atoms with Gasteiger partial charge in [0.1, 0.15) is 0 Å². The van der Waals surface area contributed by atoms with E-state index in [1.54, 1.807) is 18.6 Å². The Morgan fingerprint density at radius 2 is 1.35 bits per heavy atom. The van der Waals surface area contributed by atoms with Crippen molar-refractivity contribution in [2.75, 3.05) is 0 Å². The first-order valence-electron chi connectivity index (χ1n) is 7.91. The van der Waals surface area contributed by atoms with E-state index in [-0.39, 0.29) is 20.1 Å². The fraction of sp³-hybridized carbons (Fsp3) is 0. The Hall–Kier alpha value is -2.20. The van der Waals surface area contributed by atoms with E-state index in [1.165, 1.54) is 0 Å². The van der Waals surface area contributed by atoms with Crippen molar-refractivity contribution in [3.8, 4) is 33.8 Å². The molecule has 0 aliphatic heterocycles. The average molecular weight is 580 g/mol. The van der Waals surface area contributed by atoms with Crippen LogP contribution in [0.15, 0.2) is 89.8 Å². The molecule has 0 unspecified atom stereocenters. The van der Waals surface area contributed by atoms with Crippen LogP contribution >= 0.6 is 15.9 Å². The van der Waals surface area contributed by atoms with Crippen LogP contribution in [0.4, 0.5) is 0 Å². The summed E-state index contributed by atoms with van der Waals surface area (Å²) in [5.74, 6) is 0. The molecule has 0 aliphatic carbocycles. The first-order valence-corrected chi connectivity index (χ1v) is 8.70. The molecule has 1 aromatic carbocycles. The number of pyridine rings is 3. The predicted molar refractivity (Wildman–Crippen MR) is 104 cm³/mol. The minimum atomic E-state index is 0. The van der Waals surface area contributed by atoms with Gasteiger partial charge in [-0.25, -0.2) is 0 Å². The van der Waals surface area contributed by atoms with E-state index in [0.717, 1.165) is 38.2 Å². The summed E-state index contributed by atoms with van der Waals surface area (Å²) in [7, 11) is 0. The average Bonchev–Trinajstić information content (AvgIpc) is 2.69. The Morgan fingerprint density at radius 3 is 2.12 bits per heavy atom. The summed E-state index contributed by atoms with van der Waals surface area (Å²) in [5.41, 5.74) is 5.62. The summed E-state index contributed by atoms with van der Waals surface area (Å²) in [6.45, 7) is 0. The van der Waals surface area contributed by atoms with E-state index in [4.69, 9.17) is 0 Å². The molecule has 129 valence electrons. The van der Waals surface area contributed by atoms with Crippen LogP contribution in [0.25, 0.3) is 33.8 Å². The van der Waals surface area contributed by atoms with Gasteiger partial charge in [-0.05, 0) is 45.8 Å². The summed E-state index contributed by atoms with van der Waals surface area (Å²) in [6.07, 6.45) is 5.37. The molecule has 4 aromatic rings. The van der Waals surface area contributed by atoms with E-state index >= 15 is 0 Å². The zero-order valence-electron chi connectivity index (χ0n) is 13.6. The van der Waals surface area contributed by atoms with Crippen LogP contribution in [0.5, 0.6) is 0 Å². The summed E-state index contributed by atoms with van der Waals surface area (Å²) < 4.78 is 0.945. The van der Waals surface area contributed by atoms with Crippen molar-refractivity contribution in [1.29, 1.82) is 0 Å². The minimum Gasteiger partial charge on any atom is -0.256 e. The summed E-state index contributed by atoms with van der Waals surface area (Å²) in [4.78, 5) is 13.8.